The zero-order chi connectivity index (χ0) is 16.1. The number of methoxy groups -OCH3 is 1. The SMILES string of the molecule is CCC(C)N1CCN(C(=O)Nc2ccc(OC)c(Cl)c2)CC1. The van der Waals surface area contributed by atoms with Gasteiger partial charge in [-0.2, -0.15) is 0 Å². The van der Waals surface area contributed by atoms with Gasteiger partial charge in [0, 0.05) is 37.9 Å². The van der Waals surface area contributed by atoms with Crippen LogP contribution in [0.4, 0.5) is 10.5 Å². The fourth-order valence-electron chi connectivity index (χ4n) is 2.57. The molecule has 0 aliphatic carbocycles. The first-order valence-corrected chi connectivity index (χ1v) is 8.06. The molecule has 1 atom stereocenters. The normalized spacial score (nSPS) is 17.2. The molecule has 22 heavy (non-hydrogen) atoms. The van der Waals surface area contributed by atoms with Crippen LogP contribution >= 0.6 is 11.6 Å². The molecule has 2 amide bonds. The summed E-state index contributed by atoms with van der Waals surface area (Å²) in [6, 6.07) is 5.74. The largest absolute Gasteiger partial charge is 0.495 e. The highest BCUT2D eigenvalue weighted by atomic mass is 35.5. The lowest BCUT2D eigenvalue weighted by atomic mass is 10.2. The number of piperazine rings is 1. The third-order valence-electron chi connectivity index (χ3n) is 4.22. The first-order chi connectivity index (χ1) is 10.5. The van der Waals surface area contributed by atoms with Crippen LogP contribution in [0.1, 0.15) is 20.3 Å². The molecule has 6 heteroatoms. The molecule has 0 spiro atoms. The third-order valence-corrected chi connectivity index (χ3v) is 4.51. The number of amides is 2. The second kappa shape index (κ2) is 7.70. The summed E-state index contributed by atoms with van der Waals surface area (Å²) in [5.74, 6) is 0.599. The van der Waals surface area contributed by atoms with Crippen LogP contribution in [0.5, 0.6) is 5.75 Å². The number of nitrogens with zero attached hydrogens (tertiary/aromatic N) is 2. The van der Waals surface area contributed by atoms with Crippen LogP contribution in [-0.4, -0.2) is 55.2 Å². The summed E-state index contributed by atoms with van der Waals surface area (Å²) in [4.78, 5) is 16.6. The molecule has 1 aromatic carbocycles. The maximum atomic E-state index is 12.3. The van der Waals surface area contributed by atoms with E-state index in [0.29, 0.717) is 22.5 Å². The standard InChI is InChI=1S/C16H24ClN3O2/c1-4-12(2)19-7-9-20(10-8-19)16(21)18-13-5-6-15(22-3)14(17)11-13/h5-6,11-12H,4,7-10H2,1-3H3,(H,18,21). The minimum absolute atomic E-state index is 0.0787. The van der Waals surface area contributed by atoms with E-state index in [-0.39, 0.29) is 6.03 Å². The molecular weight excluding hydrogens is 302 g/mol. The van der Waals surface area contributed by atoms with Crippen LogP contribution in [0, 0.1) is 0 Å². The van der Waals surface area contributed by atoms with Crippen molar-refractivity contribution in [3.8, 4) is 5.75 Å². The molecule has 5 nitrogen and oxygen atoms in total. The number of nitrogens with one attached hydrogen (secondary N) is 1. The first-order valence-electron chi connectivity index (χ1n) is 7.68. The van der Waals surface area contributed by atoms with Crippen molar-refractivity contribution in [2.45, 2.75) is 26.3 Å². The average molecular weight is 326 g/mol. The lowest BCUT2D eigenvalue weighted by Gasteiger charge is -2.37. The number of anilines is 1. The van der Waals surface area contributed by atoms with Gasteiger partial charge in [0.05, 0.1) is 12.1 Å². The van der Waals surface area contributed by atoms with Crippen molar-refractivity contribution < 1.29 is 9.53 Å². The van der Waals surface area contributed by atoms with Crippen LogP contribution in [0.25, 0.3) is 0 Å². The summed E-state index contributed by atoms with van der Waals surface area (Å²) in [6.07, 6.45) is 1.14. The number of halogens is 1. The Kier molecular flexibility index (Phi) is 5.91. The Labute approximate surface area is 137 Å². The predicted octanol–water partition coefficient (Wildman–Crippen LogP) is 3.30. The minimum Gasteiger partial charge on any atom is -0.495 e. The van der Waals surface area contributed by atoms with E-state index in [9.17, 15) is 4.79 Å². The number of rotatable bonds is 4. The fraction of sp³-hybridized carbons (Fsp3) is 0.562. The quantitative estimate of drug-likeness (QED) is 0.923. The Morgan fingerprint density at radius 3 is 2.59 bits per heavy atom. The number of urea groups is 1. The second-order valence-electron chi connectivity index (χ2n) is 5.56. The molecule has 1 aromatic rings. The van der Waals surface area contributed by atoms with Crippen molar-refractivity contribution in [1.29, 1.82) is 0 Å². The number of carbonyl (C=O) groups is 1. The Morgan fingerprint density at radius 2 is 2.05 bits per heavy atom. The highest BCUT2D eigenvalue weighted by Crippen LogP contribution is 2.27. The number of hydrogen-bond donors (Lipinski definition) is 1. The summed E-state index contributed by atoms with van der Waals surface area (Å²) in [7, 11) is 1.57. The zero-order valence-corrected chi connectivity index (χ0v) is 14.2. The third kappa shape index (κ3) is 4.05. The van der Waals surface area contributed by atoms with Crippen molar-refractivity contribution in [3.05, 3.63) is 23.2 Å². The minimum atomic E-state index is -0.0787. The Balaban J connectivity index is 1.89. The van der Waals surface area contributed by atoms with Crippen LogP contribution in [0.2, 0.25) is 5.02 Å². The van der Waals surface area contributed by atoms with Crippen molar-refractivity contribution in [1.82, 2.24) is 9.80 Å². The van der Waals surface area contributed by atoms with Gasteiger partial charge in [-0.1, -0.05) is 18.5 Å². The van der Waals surface area contributed by atoms with Gasteiger partial charge in [-0.3, -0.25) is 4.90 Å². The van der Waals surface area contributed by atoms with E-state index < -0.39 is 0 Å². The molecule has 1 unspecified atom stereocenters. The highest BCUT2D eigenvalue weighted by molar-refractivity contribution is 6.32. The van der Waals surface area contributed by atoms with Crippen LogP contribution in [0.15, 0.2) is 18.2 Å². The second-order valence-corrected chi connectivity index (χ2v) is 5.97. The molecule has 1 heterocycles. The van der Waals surface area contributed by atoms with Gasteiger partial charge < -0.3 is 15.0 Å². The number of hydrogen-bond acceptors (Lipinski definition) is 3. The summed E-state index contributed by atoms with van der Waals surface area (Å²) in [5.41, 5.74) is 0.681. The Morgan fingerprint density at radius 1 is 1.36 bits per heavy atom. The lowest BCUT2D eigenvalue weighted by molar-refractivity contribution is 0.117. The first kappa shape index (κ1) is 16.9. The van der Waals surface area contributed by atoms with Gasteiger partial charge in [0.2, 0.25) is 0 Å². The van der Waals surface area contributed by atoms with Gasteiger partial charge in [-0.05, 0) is 31.5 Å². The topological polar surface area (TPSA) is 44.8 Å². The predicted molar refractivity (Wildman–Crippen MR) is 89.9 cm³/mol. The molecule has 0 saturated carbocycles. The van der Waals surface area contributed by atoms with Crippen LogP contribution < -0.4 is 10.1 Å². The van der Waals surface area contributed by atoms with Gasteiger partial charge >= 0.3 is 6.03 Å². The summed E-state index contributed by atoms with van der Waals surface area (Å²) >= 11 is 6.07. The van der Waals surface area contributed by atoms with E-state index in [4.69, 9.17) is 16.3 Å². The van der Waals surface area contributed by atoms with E-state index >= 15 is 0 Å². The van der Waals surface area contributed by atoms with E-state index in [1.807, 2.05) is 4.90 Å². The molecular formula is C16H24ClN3O2. The van der Waals surface area contributed by atoms with E-state index in [0.717, 1.165) is 32.6 Å². The maximum absolute atomic E-state index is 12.3. The molecule has 2 rings (SSSR count). The van der Waals surface area contributed by atoms with Gasteiger partial charge in [0.25, 0.3) is 0 Å². The monoisotopic (exact) mass is 325 g/mol. The van der Waals surface area contributed by atoms with Crippen molar-refractivity contribution in [2.75, 3.05) is 38.6 Å². The molecule has 1 aliphatic rings. The lowest BCUT2D eigenvalue weighted by Crippen LogP contribution is -2.52. The zero-order valence-electron chi connectivity index (χ0n) is 13.4. The fourth-order valence-corrected chi connectivity index (χ4v) is 2.83. The van der Waals surface area contributed by atoms with Crippen molar-refractivity contribution in [2.24, 2.45) is 0 Å². The summed E-state index contributed by atoms with van der Waals surface area (Å²) in [6.45, 7) is 7.77. The molecule has 122 valence electrons. The summed E-state index contributed by atoms with van der Waals surface area (Å²) < 4.78 is 5.11. The average Bonchev–Trinajstić information content (AvgIpc) is 2.54. The van der Waals surface area contributed by atoms with Gasteiger partial charge in [-0.15, -0.1) is 0 Å². The van der Waals surface area contributed by atoms with Crippen molar-refractivity contribution >= 4 is 23.3 Å². The van der Waals surface area contributed by atoms with E-state index in [1.165, 1.54) is 0 Å². The number of ether oxygens (including phenoxy) is 1. The molecule has 0 bridgehead atoms. The molecule has 1 aliphatic heterocycles. The molecule has 0 radical (unpaired) electrons. The van der Waals surface area contributed by atoms with Crippen LogP contribution in [-0.2, 0) is 0 Å². The maximum Gasteiger partial charge on any atom is 0.321 e. The van der Waals surface area contributed by atoms with Gasteiger partial charge in [0.15, 0.2) is 0 Å². The molecule has 1 fully saturated rings. The van der Waals surface area contributed by atoms with Gasteiger partial charge in [0.1, 0.15) is 5.75 Å². The smallest absolute Gasteiger partial charge is 0.321 e. The van der Waals surface area contributed by atoms with Gasteiger partial charge in [-0.25, -0.2) is 4.79 Å². The molecule has 1 N–H and O–H groups in total. The van der Waals surface area contributed by atoms with E-state index in [2.05, 4.69) is 24.1 Å². The Hall–Kier alpha value is -1.46. The summed E-state index contributed by atoms with van der Waals surface area (Å²) in [5, 5.41) is 3.38. The number of carbonyl (C=O) groups excluding carboxylic acids is 1. The van der Waals surface area contributed by atoms with Crippen molar-refractivity contribution in [3.63, 3.8) is 0 Å². The highest BCUT2D eigenvalue weighted by Gasteiger charge is 2.23. The Bertz CT molecular complexity index is 516. The van der Waals surface area contributed by atoms with Crippen LogP contribution in [0.3, 0.4) is 0 Å². The van der Waals surface area contributed by atoms with E-state index in [1.54, 1.807) is 25.3 Å². The molecule has 1 saturated heterocycles. The molecule has 0 aromatic heterocycles. The number of benzene rings is 1.